The molecule has 31 heavy (non-hydrogen) atoms. The Hall–Kier alpha value is -2.27. The minimum Gasteiger partial charge on any atom is -0.352 e. The zero-order chi connectivity index (χ0) is 22.1. The minimum atomic E-state index is -0.437. The number of hydrogen-bond acceptors (Lipinski definition) is 3. The highest BCUT2D eigenvalue weighted by atomic mass is 32.2. The second-order valence-electron chi connectivity index (χ2n) is 8.40. The third-order valence-corrected chi connectivity index (χ3v) is 6.85. The van der Waals surface area contributed by atoms with E-state index in [9.17, 15) is 9.59 Å². The Kier molecular flexibility index (Phi) is 9.01. The lowest BCUT2D eigenvalue weighted by Gasteiger charge is -2.31. The van der Waals surface area contributed by atoms with E-state index in [-0.39, 0.29) is 17.9 Å². The van der Waals surface area contributed by atoms with Crippen molar-refractivity contribution in [3.8, 4) is 0 Å². The van der Waals surface area contributed by atoms with Crippen LogP contribution in [0.1, 0.15) is 55.7 Å². The second kappa shape index (κ2) is 11.9. The summed E-state index contributed by atoms with van der Waals surface area (Å²) in [5.74, 6) is 1.17. The fourth-order valence-corrected chi connectivity index (χ4v) is 5.07. The molecule has 0 aromatic heterocycles. The summed E-state index contributed by atoms with van der Waals surface area (Å²) in [5.41, 5.74) is 3.50. The average Bonchev–Trinajstić information content (AvgIpc) is 3.27. The summed E-state index contributed by atoms with van der Waals surface area (Å²) in [6.45, 7) is 4.53. The molecule has 0 heterocycles. The summed E-state index contributed by atoms with van der Waals surface area (Å²) in [6, 6.07) is 18.2. The Morgan fingerprint density at radius 2 is 1.77 bits per heavy atom. The number of carbonyl (C=O) groups excluding carboxylic acids is 2. The molecule has 3 rings (SSSR count). The molecule has 1 unspecified atom stereocenters. The van der Waals surface area contributed by atoms with Gasteiger partial charge < -0.3 is 10.2 Å². The Bertz CT molecular complexity index is 849. The van der Waals surface area contributed by atoms with Gasteiger partial charge in [0.1, 0.15) is 6.04 Å². The number of amides is 2. The van der Waals surface area contributed by atoms with Crippen molar-refractivity contribution in [1.82, 2.24) is 10.2 Å². The van der Waals surface area contributed by atoms with Crippen LogP contribution in [-0.4, -0.2) is 34.6 Å². The van der Waals surface area contributed by atoms with Crippen molar-refractivity contribution in [3.05, 3.63) is 71.3 Å². The molecule has 1 atom stereocenters. The first kappa shape index (κ1) is 23.4. The van der Waals surface area contributed by atoms with Crippen LogP contribution in [0.2, 0.25) is 0 Å². The molecule has 4 nitrogen and oxygen atoms in total. The van der Waals surface area contributed by atoms with Gasteiger partial charge >= 0.3 is 0 Å². The number of carbonyl (C=O) groups is 2. The van der Waals surface area contributed by atoms with Gasteiger partial charge in [0.15, 0.2) is 0 Å². The average molecular weight is 439 g/mol. The molecule has 1 aliphatic carbocycles. The summed E-state index contributed by atoms with van der Waals surface area (Å²) in [5, 5.41) is 3.20. The lowest BCUT2D eigenvalue weighted by molar-refractivity contribution is -0.139. The molecule has 2 aromatic rings. The minimum absolute atomic E-state index is 0.0117. The van der Waals surface area contributed by atoms with Crippen LogP contribution in [0.3, 0.4) is 0 Å². The van der Waals surface area contributed by atoms with E-state index in [1.165, 1.54) is 24.0 Å². The van der Waals surface area contributed by atoms with E-state index in [1.54, 1.807) is 16.7 Å². The number of nitrogens with zero attached hydrogens (tertiary/aromatic N) is 1. The van der Waals surface area contributed by atoms with Gasteiger partial charge in [0.2, 0.25) is 11.8 Å². The van der Waals surface area contributed by atoms with E-state index in [0.717, 1.165) is 24.2 Å². The van der Waals surface area contributed by atoms with Crippen molar-refractivity contribution >= 4 is 23.6 Å². The van der Waals surface area contributed by atoms with E-state index in [4.69, 9.17) is 0 Å². The zero-order valence-electron chi connectivity index (χ0n) is 18.7. The molecule has 2 amide bonds. The predicted octanol–water partition coefficient (Wildman–Crippen LogP) is 5.09. The lowest BCUT2D eigenvalue weighted by atomic mass is 10.1. The second-order valence-corrected chi connectivity index (χ2v) is 9.39. The van der Waals surface area contributed by atoms with Crippen LogP contribution in [0.5, 0.6) is 0 Å². The van der Waals surface area contributed by atoms with Gasteiger partial charge in [0, 0.05) is 18.3 Å². The fraction of sp³-hybridized carbons (Fsp3) is 0.462. The summed E-state index contributed by atoms with van der Waals surface area (Å²) in [7, 11) is 0. The third kappa shape index (κ3) is 7.13. The molecule has 0 aliphatic heterocycles. The summed E-state index contributed by atoms with van der Waals surface area (Å²) < 4.78 is 0. The van der Waals surface area contributed by atoms with Crippen LogP contribution in [0.25, 0.3) is 0 Å². The van der Waals surface area contributed by atoms with Gasteiger partial charge in [0.05, 0.1) is 5.75 Å². The number of benzene rings is 2. The van der Waals surface area contributed by atoms with E-state index >= 15 is 0 Å². The van der Waals surface area contributed by atoms with Gasteiger partial charge in [-0.25, -0.2) is 0 Å². The third-order valence-electron chi connectivity index (χ3n) is 5.86. The van der Waals surface area contributed by atoms with Crippen LogP contribution >= 0.6 is 11.8 Å². The van der Waals surface area contributed by atoms with Crippen LogP contribution in [0, 0.1) is 6.92 Å². The van der Waals surface area contributed by atoms with Gasteiger partial charge in [-0.2, -0.15) is 0 Å². The molecule has 0 bridgehead atoms. The number of hydrogen-bond donors (Lipinski definition) is 1. The Morgan fingerprint density at radius 3 is 2.45 bits per heavy atom. The topological polar surface area (TPSA) is 49.4 Å². The molecule has 1 saturated carbocycles. The molecule has 1 N–H and O–H groups in total. The van der Waals surface area contributed by atoms with Crippen molar-refractivity contribution in [2.24, 2.45) is 0 Å². The van der Waals surface area contributed by atoms with Crippen molar-refractivity contribution in [2.45, 2.75) is 70.3 Å². The fourth-order valence-electron chi connectivity index (χ4n) is 4.21. The van der Waals surface area contributed by atoms with Gasteiger partial charge in [-0.05, 0) is 37.3 Å². The quantitative estimate of drug-likeness (QED) is 0.562. The first-order valence-corrected chi connectivity index (χ1v) is 12.5. The Labute approximate surface area is 190 Å². The largest absolute Gasteiger partial charge is 0.352 e. The maximum atomic E-state index is 13.3. The normalized spacial score (nSPS) is 14.9. The standard InChI is InChI=1S/C26H34N2O2S/c1-3-24(26(30)27-23-14-7-8-15-23)28(17-21-11-5-4-6-12-21)25(29)19-31-18-22-13-9-10-20(2)16-22/h4-6,9-13,16,23-24H,3,7-8,14-15,17-19H2,1-2H3,(H,27,30). The SMILES string of the molecule is CCC(C(=O)NC1CCCC1)N(Cc1ccccc1)C(=O)CSCc1cccc(C)c1. The van der Waals surface area contributed by atoms with Crippen LogP contribution in [0.15, 0.2) is 54.6 Å². The van der Waals surface area contributed by atoms with Crippen LogP contribution < -0.4 is 5.32 Å². The first-order valence-electron chi connectivity index (χ1n) is 11.3. The molecule has 1 aliphatic rings. The molecular formula is C26H34N2O2S. The van der Waals surface area contributed by atoms with Gasteiger partial charge in [-0.3, -0.25) is 9.59 Å². The highest BCUT2D eigenvalue weighted by Gasteiger charge is 2.30. The zero-order valence-corrected chi connectivity index (χ0v) is 19.5. The van der Waals surface area contributed by atoms with Crippen molar-refractivity contribution < 1.29 is 9.59 Å². The highest BCUT2D eigenvalue weighted by Crippen LogP contribution is 2.20. The number of thioether (sulfide) groups is 1. The molecule has 0 spiro atoms. The highest BCUT2D eigenvalue weighted by molar-refractivity contribution is 7.99. The van der Waals surface area contributed by atoms with Crippen molar-refractivity contribution in [2.75, 3.05) is 5.75 Å². The van der Waals surface area contributed by atoms with Gasteiger partial charge in [-0.1, -0.05) is 79.9 Å². The predicted molar refractivity (Wildman–Crippen MR) is 129 cm³/mol. The van der Waals surface area contributed by atoms with E-state index < -0.39 is 6.04 Å². The Morgan fingerprint density at radius 1 is 1.06 bits per heavy atom. The van der Waals surface area contributed by atoms with Crippen molar-refractivity contribution in [1.29, 1.82) is 0 Å². The first-order chi connectivity index (χ1) is 15.1. The molecule has 0 radical (unpaired) electrons. The van der Waals surface area contributed by atoms with Crippen LogP contribution in [-0.2, 0) is 21.9 Å². The molecule has 5 heteroatoms. The monoisotopic (exact) mass is 438 g/mol. The summed E-state index contributed by atoms with van der Waals surface area (Å²) in [6.07, 6.45) is 5.04. The lowest BCUT2D eigenvalue weighted by Crippen LogP contribution is -2.51. The number of aryl methyl sites for hydroxylation is 1. The van der Waals surface area contributed by atoms with Crippen molar-refractivity contribution in [3.63, 3.8) is 0 Å². The number of nitrogens with one attached hydrogen (secondary N) is 1. The van der Waals surface area contributed by atoms with Crippen LogP contribution in [0.4, 0.5) is 0 Å². The van der Waals surface area contributed by atoms with Gasteiger partial charge in [0.25, 0.3) is 0 Å². The maximum Gasteiger partial charge on any atom is 0.243 e. The molecule has 0 saturated heterocycles. The Balaban J connectivity index is 1.67. The van der Waals surface area contributed by atoms with E-state index in [0.29, 0.717) is 18.7 Å². The summed E-state index contributed by atoms with van der Waals surface area (Å²) >= 11 is 1.61. The molecule has 166 valence electrons. The van der Waals surface area contributed by atoms with Gasteiger partial charge in [-0.15, -0.1) is 11.8 Å². The maximum absolute atomic E-state index is 13.3. The number of rotatable bonds is 10. The smallest absolute Gasteiger partial charge is 0.243 e. The van der Waals surface area contributed by atoms with E-state index in [1.807, 2.05) is 37.3 Å². The van der Waals surface area contributed by atoms with E-state index in [2.05, 4.69) is 36.5 Å². The summed E-state index contributed by atoms with van der Waals surface area (Å²) in [4.78, 5) is 28.1. The molecule has 1 fully saturated rings. The molecular weight excluding hydrogens is 404 g/mol. The molecule has 2 aromatic carbocycles.